The van der Waals surface area contributed by atoms with Gasteiger partial charge in [0, 0.05) is 12.6 Å². The van der Waals surface area contributed by atoms with E-state index in [0.717, 1.165) is 5.56 Å². The first-order valence-electron chi connectivity index (χ1n) is 5.92. The quantitative estimate of drug-likeness (QED) is 0.830. The summed E-state index contributed by atoms with van der Waals surface area (Å²) in [5, 5.41) is 0. The molecule has 1 heterocycles. The molecule has 0 saturated carbocycles. The Bertz CT molecular complexity index is 492. The molecule has 0 aliphatic carbocycles. The van der Waals surface area contributed by atoms with E-state index in [4.69, 9.17) is 4.42 Å². The lowest BCUT2D eigenvalue weighted by atomic mass is 10.2. The highest BCUT2D eigenvalue weighted by molar-refractivity contribution is 5.91. The van der Waals surface area contributed by atoms with Crippen LogP contribution in [-0.4, -0.2) is 21.8 Å². The fourth-order valence-corrected chi connectivity index (χ4v) is 1.73. The number of amides is 1. The Morgan fingerprint density at radius 2 is 2.06 bits per heavy atom. The molecule has 1 amide bonds. The molecule has 18 heavy (non-hydrogen) atoms. The molecule has 4 nitrogen and oxygen atoms in total. The molecule has 0 fully saturated rings. The second kappa shape index (κ2) is 5.49. The molecule has 0 aliphatic heterocycles. The van der Waals surface area contributed by atoms with Gasteiger partial charge in [-0.15, -0.1) is 0 Å². The average Bonchev–Trinajstić information content (AvgIpc) is 2.90. The van der Waals surface area contributed by atoms with Crippen molar-refractivity contribution in [2.75, 3.05) is 0 Å². The monoisotopic (exact) mass is 244 g/mol. The van der Waals surface area contributed by atoms with Gasteiger partial charge in [-0.1, -0.05) is 30.3 Å². The van der Waals surface area contributed by atoms with Crippen molar-refractivity contribution in [1.29, 1.82) is 0 Å². The van der Waals surface area contributed by atoms with Crippen molar-refractivity contribution in [3.8, 4) is 0 Å². The van der Waals surface area contributed by atoms with Gasteiger partial charge in [0.15, 0.2) is 6.39 Å². The minimum atomic E-state index is -0.133. The van der Waals surface area contributed by atoms with E-state index in [1.54, 1.807) is 4.90 Å². The summed E-state index contributed by atoms with van der Waals surface area (Å²) in [6.45, 7) is 4.53. The van der Waals surface area contributed by atoms with E-state index in [9.17, 15) is 4.79 Å². The maximum atomic E-state index is 12.2. The van der Waals surface area contributed by atoms with Crippen molar-refractivity contribution < 1.29 is 9.21 Å². The predicted octanol–water partition coefficient (Wildman–Crippen LogP) is 2.73. The lowest BCUT2D eigenvalue weighted by molar-refractivity contribution is 0.0657. The van der Waals surface area contributed by atoms with Gasteiger partial charge in [0.05, 0.1) is 6.20 Å². The van der Waals surface area contributed by atoms with E-state index in [-0.39, 0.29) is 17.7 Å². The molecule has 4 heteroatoms. The summed E-state index contributed by atoms with van der Waals surface area (Å²) in [7, 11) is 0. The third-order valence-electron chi connectivity index (χ3n) is 2.72. The summed E-state index contributed by atoms with van der Waals surface area (Å²) in [6, 6.07) is 10.00. The minimum absolute atomic E-state index is 0.0998. The van der Waals surface area contributed by atoms with Crippen molar-refractivity contribution in [3.05, 3.63) is 54.2 Å². The summed E-state index contributed by atoms with van der Waals surface area (Å²) in [5.74, 6) is 0.144. The first-order chi connectivity index (χ1) is 8.68. The molecule has 0 saturated heterocycles. The van der Waals surface area contributed by atoms with E-state index in [2.05, 4.69) is 4.98 Å². The molecule has 2 aromatic rings. The largest absolute Gasteiger partial charge is 0.438 e. The minimum Gasteiger partial charge on any atom is -0.438 e. The molecule has 1 aromatic carbocycles. The fraction of sp³-hybridized carbons (Fsp3) is 0.286. The standard InChI is InChI=1S/C14H16N2O2/c1-11(2)16(9-12-6-4-3-5-7-12)14(17)13-8-15-10-18-13/h3-8,10-11H,9H2,1-2H3. The van der Waals surface area contributed by atoms with Gasteiger partial charge in [0.2, 0.25) is 5.76 Å². The van der Waals surface area contributed by atoms with Crippen LogP contribution in [0.2, 0.25) is 0 Å². The molecule has 0 bridgehead atoms. The number of carbonyl (C=O) groups excluding carboxylic acids is 1. The molecular formula is C14H16N2O2. The first-order valence-corrected chi connectivity index (χ1v) is 5.92. The van der Waals surface area contributed by atoms with Gasteiger partial charge in [0.1, 0.15) is 0 Å². The van der Waals surface area contributed by atoms with Crippen molar-refractivity contribution in [2.45, 2.75) is 26.4 Å². The van der Waals surface area contributed by atoms with Crippen LogP contribution in [0.1, 0.15) is 30.0 Å². The number of rotatable bonds is 4. The number of benzene rings is 1. The van der Waals surface area contributed by atoms with E-state index in [0.29, 0.717) is 6.54 Å². The van der Waals surface area contributed by atoms with E-state index < -0.39 is 0 Å². The lowest BCUT2D eigenvalue weighted by Crippen LogP contribution is -2.36. The molecule has 0 spiro atoms. The van der Waals surface area contributed by atoms with E-state index in [1.165, 1.54) is 12.6 Å². The summed E-state index contributed by atoms with van der Waals surface area (Å²) in [6.07, 6.45) is 2.72. The third-order valence-corrected chi connectivity index (χ3v) is 2.72. The first kappa shape index (κ1) is 12.4. The van der Waals surface area contributed by atoms with Crippen LogP contribution >= 0.6 is 0 Å². The molecule has 0 atom stereocenters. The number of hydrogen-bond donors (Lipinski definition) is 0. The van der Waals surface area contributed by atoms with Crippen molar-refractivity contribution in [1.82, 2.24) is 9.88 Å². The van der Waals surface area contributed by atoms with E-state index >= 15 is 0 Å². The highest BCUT2D eigenvalue weighted by atomic mass is 16.3. The van der Waals surface area contributed by atoms with Crippen LogP contribution in [-0.2, 0) is 6.54 Å². The fourth-order valence-electron chi connectivity index (χ4n) is 1.73. The highest BCUT2D eigenvalue weighted by Gasteiger charge is 2.21. The second-order valence-electron chi connectivity index (χ2n) is 4.38. The van der Waals surface area contributed by atoms with Crippen LogP contribution in [0.3, 0.4) is 0 Å². The SMILES string of the molecule is CC(C)N(Cc1ccccc1)C(=O)c1cnco1. The predicted molar refractivity (Wildman–Crippen MR) is 68.0 cm³/mol. The Balaban J connectivity index is 2.17. The van der Waals surface area contributed by atoms with Crippen molar-refractivity contribution in [3.63, 3.8) is 0 Å². The Morgan fingerprint density at radius 1 is 1.33 bits per heavy atom. The second-order valence-corrected chi connectivity index (χ2v) is 4.38. The molecular weight excluding hydrogens is 228 g/mol. The maximum absolute atomic E-state index is 12.2. The Labute approximate surface area is 106 Å². The van der Waals surface area contributed by atoms with Crippen molar-refractivity contribution in [2.24, 2.45) is 0 Å². The zero-order valence-corrected chi connectivity index (χ0v) is 10.5. The molecule has 94 valence electrons. The maximum Gasteiger partial charge on any atom is 0.291 e. The number of hydrogen-bond acceptors (Lipinski definition) is 3. The molecule has 0 radical (unpaired) electrons. The van der Waals surface area contributed by atoms with Crippen LogP contribution in [0.5, 0.6) is 0 Å². The molecule has 0 aliphatic rings. The van der Waals surface area contributed by atoms with Crippen LogP contribution in [0.15, 0.2) is 47.3 Å². The van der Waals surface area contributed by atoms with Gasteiger partial charge in [-0.2, -0.15) is 0 Å². The molecule has 0 N–H and O–H groups in total. The summed E-state index contributed by atoms with van der Waals surface area (Å²) < 4.78 is 5.06. The number of carbonyl (C=O) groups is 1. The molecule has 0 unspecified atom stereocenters. The van der Waals surface area contributed by atoms with Crippen molar-refractivity contribution >= 4 is 5.91 Å². The smallest absolute Gasteiger partial charge is 0.291 e. The number of nitrogens with zero attached hydrogens (tertiary/aromatic N) is 2. The van der Waals surface area contributed by atoms with E-state index in [1.807, 2.05) is 44.2 Å². The van der Waals surface area contributed by atoms with Gasteiger partial charge >= 0.3 is 0 Å². The zero-order valence-electron chi connectivity index (χ0n) is 10.5. The Morgan fingerprint density at radius 3 is 2.61 bits per heavy atom. The summed E-state index contributed by atoms with van der Waals surface area (Å²) in [5.41, 5.74) is 1.10. The zero-order chi connectivity index (χ0) is 13.0. The number of aromatic nitrogens is 1. The highest BCUT2D eigenvalue weighted by Crippen LogP contribution is 2.12. The van der Waals surface area contributed by atoms with Gasteiger partial charge in [-0.05, 0) is 19.4 Å². The van der Waals surface area contributed by atoms with Gasteiger partial charge in [0.25, 0.3) is 5.91 Å². The Kier molecular flexibility index (Phi) is 3.77. The van der Waals surface area contributed by atoms with Crippen LogP contribution in [0, 0.1) is 0 Å². The summed E-state index contributed by atoms with van der Waals surface area (Å²) >= 11 is 0. The normalized spacial score (nSPS) is 10.6. The lowest BCUT2D eigenvalue weighted by Gasteiger charge is -2.25. The van der Waals surface area contributed by atoms with Crippen LogP contribution in [0.25, 0.3) is 0 Å². The van der Waals surface area contributed by atoms with Gasteiger partial charge in [-0.25, -0.2) is 4.98 Å². The van der Waals surface area contributed by atoms with Gasteiger partial charge in [-0.3, -0.25) is 4.79 Å². The number of oxazole rings is 1. The third kappa shape index (κ3) is 2.77. The topological polar surface area (TPSA) is 46.3 Å². The van der Waals surface area contributed by atoms with Crippen LogP contribution in [0.4, 0.5) is 0 Å². The van der Waals surface area contributed by atoms with Gasteiger partial charge < -0.3 is 9.32 Å². The molecule has 2 rings (SSSR count). The molecule has 1 aromatic heterocycles. The Hall–Kier alpha value is -2.10. The van der Waals surface area contributed by atoms with Crippen LogP contribution < -0.4 is 0 Å². The average molecular weight is 244 g/mol. The summed E-state index contributed by atoms with van der Waals surface area (Å²) in [4.78, 5) is 17.8.